The molecule has 0 atom stereocenters. The van der Waals surface area contributed by atoms with Gasteiger partial charge in [0.15, 0.2) is 5.84 Å². The van der Waals surface area contributed by atoms with Gasteiger partial charge in [-0.1, -0.05) is 23.7 Å². The summed E-state index contributed by atoms with van der Waals surface area (Å²) in [5.74, 6) is 0.0780. The van der Waals surface area contributed by atoms with Gasteiger partial charge in [-0.15, -0.1) is 0 Å². The number of amidine groups is 1. The van der Waals surface area contributed by atoms with Crippen molar-refractivity contribution >= 4 is 23.1 Å². The molecule has 0 saturated heterocycles. The molecular weight excluding hydrogens is 250 g/mol. The third-order valence-electron chi connectivity index (χ3n) is 2.74. The first-order valence-corrected chi connectivity index (χ1v) is 6.43. The molecule has 4 nitrogen and oxygen atoms in total. The highest BCUT2D eigenvalue weighted by Gasteiger charge is 2.16. The van der Waals surface area contributed by atoms with E-state index < -0.39 is 0 Å². The Balaban J connectivity index is 3.28. The molecule has 0 bridgehead atoms. The predicted molar refractivity (Wildman–Crippen MR) is 76.7 cm³/mol. The highest BCUT2D eigenvalue weighted by atomic mass is 35.5. The molecular formula is C13H20ClN3O. The summed E-state index contributed by atoms with van der Waals surface area (Å²) < 4.78 is 0. The summed E-state index contributed by atoms with van der Waals surface area (Å²) >= 11 is 5.97. The van der Waals surface area contributed by atoms with E-state index in [-0.39, 0.29) is 5.84 Å². The number of rotatable bonds is 5. The fourth-order valence-corrected chi connectivity index (χ4v) is 2.09. The molecule has 100 valence electrons. The van der Waals surface area contributed by atoms with Gasteiger partial charge in [-0.3, -0.25) is 0 Å². The van der Waals surface area contributed by atoms with E-state index in [4.69, 9.17) is 22.5 Å². The van der Waals surface area contributed by atoms with Crippen LogP contribution in [0.3, 0.4) is 0 Å². The Morgan fingerprint density at radius 1 is 1.50 bits per heavy atom. The number of hydrogen-bond acceptors (Lipinski definition) is 3. The molecule has 0 unspecified atom stereocenters. The SMILES string of the molecule is CCCN(c1ccc(Cl)cc1C(N)=NO)C(C)C. The maximum absolute atomic E-state index is 8.86. The van der Waals surface area contributed by atoms with Crippen LogP contribution in [0.4, 0.5) is 5.69 Å². The van der Waals surface area contributed by atoms with Crippen molar-refractivity contribution in [1.82, 2.24) is 0 Å². The van der Waals surface area contributed by atoms with Crippen LogP contribution in [-0.2, 0) is 0 Å². The van der Waals surface area contributed by atoms with E-state index in [1.165, 1.54) is 0 Å². The van der Waals surface area contributed by atoms with Crippen molar-refractivity contribution in [1.29, 1.82) is 0 Å². The van der Waals surface area contributed by atoms with Crippen molar-refractivity contribution in [2.45, 2.75) is 33.2 Å². The van der Waals surface area contributed by atoms with Crippen molar-refractivity contribution in [3.05, 3.63) is 28.8 Å². The van der Waals surface area contributed by atoms with Gasteiger partial charge in [0.2, 0.25) is 0 Å². The molecule has 5 heteroatoms. The van der Waals surface area contributed by atoms with Crippen molar-refractivity contribution in [3.8, 4) is 0 Å². The average Bonchev–Trinajstić information content (AvgIpc) is 2.35. The van der Waals surface area contributed by atoms with E-state index in [2.05, 4.69) is 30.8 Å². The quantitative estimate of drug-likeness (QED) is 0.374. The van der Waals surface area contributed by atoms with Crippen molar-refractivity contribution < 1.29 is 5.21 Å². The molecule has 18 heavy (non-hydrogen) atoms. The molecule has 0 aliphatic rings. The van der Waals surface area contributed by atoms with Crippen molar-refractivity contribution in [3.63, 3.8) is 0 Å². The van der Waals surface area contributed by atoms with E-state index in [0.29, 0.717) is 16.6 Å². The minimum Gasteiger partial charge on any atom is -0.409 e. The van der Waals surface area contributed by atoms with Gasteiger partial charge in [0.05, 0.1) is 0 Å². The van der Waals surface area contributed by atoms with E-state index in [1.54, 1.807) is 6.07 Å². The Morgan fingerprint density at radius 3 is 2.67 bits per heavy atom. The fourth-order valence-electron chi connectivity index (χ4n) is 1.92. The Bertz CT molecular complexity index is 432. The first-order valence-electron chi connectivity index (χ1n) is 6.05. The summed E-state index contributed by atoms with van der Waals surface area (Å²) in [4.78, 5) is 2.21. The second-order valence-corrected chi connectivity index (χ2v) is 4.87. The fraction of sp³-hybridized carbons (Fsp3) is 0.462. The maximum atomic E-state index is 8.86. The minimum atomic E-state index is 0.0780. The van der Waals surface area contributed by atoms with Crippen LogP contribution in [0.25, 0.3) is 0 Å². The molecule has 0 aromatic heterocycles. The molecule has 0 radical (unpaired) electrons. The minimum absolute atomic E-state index is 0.0780. The molecule has 0 heterocycles. The molecule has 0 aliphatic carbocycles. The van der Waals surface area contributed by atoms with Crippen LogP contribution >= 0.6 is 11.6 Å². The molecule has 0 saturated carbocycles. The third kappa shape index (κ3) is 3.29. The monoisotopic (exact) mass is 269 g/mol. The molecule has 0 spiro atoms. The van der Waals surface area contributed by atoms with Crippen molar-refractivity contribution in [2.24, 2.45) is 10.9 Å². The second kappa shape index (κ2) is 6.50. The number of benzene rings is 1. The molecule has 0 fully saturated rings. The topological polar surface area (TPSA) is 61.8 Å². The Hall–Kier alpha value is -1.42. The number of nitrogens with zero attached hydrogens (tertiary/aromatic N) is 2. The third-order valence-corrected chi connectivity index (χ3v) is 2.97. The molecule has 0 aliphatic heterocycles. The first-order chi connectivity index (χ1) is 8.51. The van der Waals surface area contributed by atoms with Crippen LogP contribution in [0.2, 0.25) is 5.02 Å². The van der Waals surface area contributed by atoms with Gasteiger partial charge in [-0.2, -0.15) is 0 Å². The van der Waals surface area contributed by atoms with Gasteiger partial charge < -0.3 is 15.8 Å². The molecule has 0 amide bonds. The lowest BCUT2D eigenvalue weighted by atomic mass is 10.1. The normalized spacial score (nSPS) is 11.9. The van der Waals surface area contributed by atoms with Crippen LogP contribution in [0.5, 0.6) is 0 Å². The highest BCUT2D eigenvalue weighted by molar-refractivity contribution is 6.31. The van der Waals surface area contributed by atoms with Crippen LogP contribution in [0, 0.1) is 0 Å². The average molecular weight is 270 g/mol. The van der Waals surface area contributed by atoms with Crippen LogP contribution < -0.4 is 10.6 Å². The van der Waals surface area contributed by atoms with Gasteiger partial charge in [0.1, 0.15) is 0 Å². The summed E-state index contributed by atoms with van der Waals surface area (Å²) in [6, 6.07) is 5.77. The van der Waals surface area contributed by atoms with Crippen molar-refractivity contribution in [2.75, 3.05) is 11.4 Å². The molecule has 1 aromatic rings. The summed E-state index contributed by atoms with van der Waals surface area (Å²) in [7, 11) is 0. The summed E-state index contributed by atoms with van der Waals surface area (Å²) in [5.41, 5.74) is 7.31. The Labute approximate surface area is 113 Å². The van der Waals surface area contributed by atoms with Gasteiger partial charge >= 0.3 is 0 Å². The smallest absolute Gasteiger partial charge is 0.172 e. The molecule has 1 aromatic carbocycles. The molecule has 3 N–H and O–H groups in total. The standard InChI is InChI=1S/C13H20ClN3O/c1-4-7-17(9(2)3)12-6-5-10(14)8-11(12)13(15)16-18/h5-6,8-9,18H,4,7H2,1-3H3,(H2,15,16). The lowest BCUT2D eigenvalue weighted by Crippen LogP contribution is -2.33. The van der Waals surface area contributed by atoms with E-state index in [0.717, 1.165) is 18.7 Å². The van der Waals surface area contributed by atoms with E-state index in [1.807, 2.05) is 12.1 Å². The number of anilines is 1. The van der Waals surface area contributed by atoms with Gasteiger partial charge in [-0.05, 0) is 38.5 Å². The zero-order valence-corrected chi connectivity index (χ0v) is 11.8. The first kappa shape index (κ1) is 14.6. The summed E-state index contributed by atoms with van der Waals surface area (Å²) in [5, 5.41) is 12.5. The zero-order valence-electron chi connectivity index (χ0n) is 11.0. The van der Waals surface area contributed by atoms with Crippen LogP contribution in [0.15, 0.2) is 23.4 Å². The maximum Gasteiger partial charge on any atom is 0.172 e. The number of oxime groups is 1. The Kier molecular flexibility index (Phi) is 5.28. The predicted octanol–water partition coefficient (Wildman–Crippen LogP) is 3.06. The second-order valence-electron chi connectivity index (χ2n) is 4.43. The number of hydrogen-bond donors (Lipinski definition) is 2. The van der Waals surface area contributed by atoms with E-state index in [9.17, 15) is 0 Å². The van der Waals surface area contributed by atoms with Gasteiger partial charge in [0.25, 0.3) is 0 Å². The van der Waals surface area contributed by atoms with Crippen LogP contribution in [-0.4, -0.2) is 23.6 Å². The van der Waals surface area contributed by atoms with E-state index >= 15 is 0 Å². The highest BCUT2D eigenvalue weighted by Crippen LogP contribution is 2.26. The van der Waals surface area contributed by atoms with Crippen LogP contribution in [0.1, 0.15) is 32.8 Å². The van der Waals surface area contributed by atoms with Gasteiger partial charge in [-0.25, -0.2) is 0 Å². The van der Waals surface area contributed by atoms with Gasteiger partial charge in [0, 0.05) is 28.9 Å². The lowest BCUT2D eigenvalue weighted by molar-refractivity contribution is 0.318. The largest absolute Gasteiger partial charge is 0.409 e. The molecule has 1 rings (SSSR count). The lowest BCUT2D eigenvalue weighted by Gasteiger charge is -2.30. The number of nitrogens with two attached hydrogens (primary N) is 1. The number of halogens is 1. The zero-order chi connectivity index (χ0) is 13.7. The summed E-state index contributed by atoms with van der Waals surface area (Å²) in [6.45, 7) is 7.25. The summed E-state index contributed by atoms with van der Waals surface area (Å²) in [6.07, 6.45) is 1.02. The Morgan fingerprint density at radius 2 is 2.17 bits per heavy atom.